The van der Waals surface area contributed by atoms with Crippen LogP contribution in [0.5, 0.6) is 0 Å². The third-order valence-electron chi connectivity index (χ3n) is 6.14. The Bertz CT molecular complexity index is 1120. The van der Waals surface area contributed by atoms with Crippen molar-refractivity contribution < 1.29 is 22.7 Å². The second-order valence-electron chi connectivity index (χ2n) is 8.63. The summed E-state index contributed by atoms with van der Waals surface area (Å²) in [5.41, 5.74) is -1.89. The number of hydrogen-bond donors (Lipinski definition) is 1. The van der Waals surface area contributed by atoms with Crippen LogP contribution < -0.4 is 15.4 Å². The van der Waals surface area contributed by atoms with E-state index in [9.17, 15) is 22.8 Å². The first-order chi connectivity index (χ1) is 17.7. The van der Waals surface area contributed by atoms with E-state index < -0.39 is 17.3 Å². The number of piperazine rings is 1. The molecule has 0 aromatic carbocycles. The van der Waals surface area contributed by atoms with E-state index in [0.717, 1.165) is 44.4 Å². The Kier molecular flexibility index (Phi) is 9.85. The van der Waals surface area contributed by atoms with Crippen LogP contribution in [0.2, 0.25) is 0 Å². The first-order valence-electron chi connectivity index (χ1n) is 12.0. The van der Waals surface area contributed by atoms with Gasteiger partial charge in [-0.3, -0.25) is 9.59 Å². The molecule has 2 aliphatic rings. The summed E-state index contributed by atoms with van der Waals surface area (Å²) in [5.74, 6) is 1.06. The van der Waals surface area contributed by atoms with Crippen molar-refractivity contribution in [1.82, 2.24) is 20.1 Å². The molecule has 0 saturated carbocycles. The van der Waals surface area contributed by atoms with Crippen molar-refractivity contribution in [3.8, 4) is 6.07 Å². The maximum atomic E-state index is 12.7. The number of anilines is 2. The third kappa shape index (κ3) is 7.66. The molecule has 1 N–H and O–H groups in total. The van der Waals surface area contributed by atoms with Gasteiger partial charge < -0.3 is 19.4 Å². The van der Waals surface area contributed by atoms with Crippen LogP contribution in [0.3, 0.4) is 0 Å². The van der Waals surface area contributed by atoms with Gasteiger partial charge in [-0.1, -0.05) is 0 Å². The average Bonchev–Trinajstić information content (AvgIpc) is 3.44. The van der Waals surface area contributed by atoms with Crippen LogP contribution in [0.15, 0.2) is 29.3 Å². The molecule has 2 fully saturated rings. The quantitative estimate of drug-likeness (QED) is 0.576. The number of nitriles is 1. The second-order valence-corrected chi connectivity index (χ2v) is 8.63. The van der Waals surface area contributed by atoms with Crippen LogP contribution in [0.25, 0.3) is 0 Å². The number of alkyl halides is 3. The van der Waals surface area contributed by atoms with E-state index in [2.05, 4.69) is 21.1 Å². The number of hydrogen-bond acceptors (Lipinski definition) is 8. The molecule has 13 heteroatoms. The lowest BCUT2D eigenvalue weighted by molar-refractivity contribution is -0.138. The Hall–Kier alpha value is -3.66. The fourth-order valence-electron chi connectivity index (χ4n) is 4.21. The van der Waals surface area contributed by atoms with E-state index >= 15 is 0 Å². The number of rotatable bonds is 6. The van der Waals surface area contributed by atoms with Gasteiger partial charge in [-0.15, -0.1) is 0 Å². The van der Waals surface area contributed by atoms with Gasteiger partial charge in [-0.25, -0.2) is 10.1 Å². The lowest BCUT2D eigenvalue weighted by Gasteiger charge is -2.35. The molecule has 0 atom stereocenters. The summed E-state index contributed by atoms with van der Waals surface area (Å²) in [7, 11) is 1.65. The Balaban J connectivity index is 0.000000213. The number of methoxy groups -OCH3 is 1. The van der Waals surface area contributed by atoms with Crippen molar-refractivity contribution in [2.45, 2.75) is 31.9 Å². The number of nitrogens with zero attached hydrogens (tertiary/aromatic N) is 6. The number of H-pyrrole nitrogens is 1. The molecule has 2 saturated heterocycles. The molecule has 0 unspecified atom stereocenters. The summed E-state index contributed by atoms with van der Waals surface area (Å²) in [4.78, 5) is 33.0. The zero-order valence-electron chi connectivity index (χ0n) is 20.6. The molecule has 37 heavy (non-hydrogen) atoms. The van der Waals surface area contributed by atoms with Gasteiger partial charge in [0, 0.05) is 65.6 Å². The molecule has 0 spiro atoms. The number of carbonyl (C=O) groups is 1. The highest BCUT2D eigenvalue weighted by Crippen LogP contribution is 2.34. The number of amides is 1. The molecule has 4 heterocycles. The fourth-order valence-corrected chi connectivity index (χ4v) is 4.21. The highest BCUT2D eigenvalue weighted by molar-refractivity contribution is 5.76. The zero-order chi connectivity index (χ0) is 26.8. The van der Waals surface area contributed by atoms with Gasteiger partial charge >= 0.3 is 6.18 Å². The van der Waals surface area contributed by atoms with Gasteiger partial charge in [0.15, 0.2) is 0 Å². The molecule has 0 aliphatic carbocycles. The van der Waals surface area contributed by atoms with E-state index in [1.165, 1.54) is 0 Å². The molecule has 2 aromatic rings. The lowest BCUT2D eigenvalue weighted by Crippen LogP contribution is -2.49. The van der Waals surface area contributed by atoms with Crippen molar-refractivity contribution in [2.24, 2.45) is 0 Å². The predicted molar refractivity (Wildman–Crippen MR) is 130 cm³/mol. The van der Waals surface area contributed by atoms with Crippen LogP contribution in [0.1, 0.15) is 36.8 Å². The highest BCUT2D eigenvalue weighted by atomic mass is 19.4. The Morgan fingerprint density at radius 3 is 2.38 bits per heavy atom. The standard InChI is InChI=1S/C15H20N4O2.C9H10F3N3O/c1-21-10-2-3-15(20)19-8-6-18(7-9-19)14-5-4-13(11-16)12-17-14;10-9(11,12)7-6(5-13-14-8(7)16)15-3-1-2-4-15/h4-5,12H,2-3,6-10H2,1H3;5H,1-4H2,(H,14,16). The van der Waals surface area contributed by atoms with Crippen molar-refractivity contribution in [2.75, 3.05) is 62.8 Å². The summed E-state index contributed by atoms with van der Waals surface area (Å²) in [6, 6.07) is 5.68. The Morgan fingerprint density at radius 2 is 1.81 bits per heavy atom. The second kappa shape index (κ2) is 13.0. The molecular weight excluding hydrogens is 491 g/mol. The summed E-state index contributed by atoms with van der Waals surface area (Å²) >= 11 is 0. The largest absolute Gasteiger partial charge is 0.423 e. The monoisotopic (exact) mass is 521 g/mol. The van der Waals surface area contributed by atoms with Crippen LogP contribution in [0.4, 0.5) is 24.7 Å². The fraction of sp³-hybridized carbons (Fsp3) is 0.542. The van der Waals surface area contributed by atoms with Gasteiger partial charge in [-0.2, -0.15) is 23.5 Å². The number of nitrogens with one attached hydrogen (secondary N) is 1. The summed E-state index contributed by atoms with van der Waals surface area (Å²) in [6.07, 6.45) is 0.992. The van der Waals surface area contributed by atoms with Crippen LogP contribution >= 0.6 is 0 Å². The van der Waals surface area contributed by atoms with E-state index in [1.807, 2.05) is 16.1 Å². The highest BCUT2D eigenvalue weighted by Gasteiger charge is 2.39. The predicted octanol–water partition coefficient (Wildman–Crippen LogP) is 2.42. The minimum atomic E-state index is -4.64. The number of aromatic amines is 1. The van der Waals surface area contributed by atoms with Gasteiger partial charge in [0.2, 0.25) is 5.91 Å². The van der Waals surface area contributed by atoms with E-state index in [-0.39, 0.29) is 11.6 Å². The number of halogens is 3. The van der Waals surface area contributed by atoms with Crippen molar-refractivity contribution in [3.63, 3.8) is 0 Å². The van der Waals surface area contributed by atoms with E-state index in [1.54, 1.807) is 24.3 Å². The topological polar surface area (TPSA) is 118 Å². The molecule has 200 valence electrons. The molecule has 2 aliphatic heterocycles. The van der Waals surface area contributed by atoms with Gasteiger partial charge in [-0.05, 0) is 31.4 Å². The van der Waals surface area contributed by atoms with Gasteiger partial charge in [0.1, 0.15) is 17.5 Å². The maximum absolute atomic E-state index is 12.7. The summed E-state index contributed by atoms with van der Waals surface area (Å²) < 4.78 is 43.0. The van der Waals surface area contributed by atoms with Crippen molar-refractivity contribution >= 4 is 17.4 Å². The zero-order valence-corrected chi connectivity index (χ0v) is 20.6. The van der Waals surface area contributed by atoms with E-state index in [0.29, 0.717) is 44.8 Å². The number of aromatic nitrogens is 3. The van der Waals surface area contributed by atoms with Crippen LogP contribution in [0, 0.1) is 11.3 Å². The molecule has 0 radical (unpaired) electrons. The summed E-state index contributed by atoms with van der Waals surface area (Å²) in [6.45, 7) is 4.67. The van der Waals surface area contributed by atoms with Crippen molar-refractivity contribution in [3.05, 3.63) is 46.0 Å². The van der Waals surface area contributed by atoms with Crippen molar-refractivity contribution in [1.29, 1.82) is 5.26 Å². The maximum Gasteiger partial charge on any atom is 0.423 e. The first-order valence-corrected chi connectivity index (χ1v) is 12.0. The number of carbonyl (C=O) groups excluding carboxylic acids is 1. The molecule has 2 aromatic heterocycles. The lowest BCUT2D eigenvalue weighted by atomic mass is 10.2. The molecule has 0 bridgehead atoms. The molecule has 1 amide bonds. The van der Waals surface area contributed by atoms with Crippen LogP contribution in [-0.2, 0) is 15.7 Å². The van der Waals surface area contributed by atoms with Gasteiger partial charge in [0.25, 0.3) is 5.56 Å². The molecule has 4 rings (SSSR count). The molecular formula is C24H30F3N7O3. The van der Waals surface area contributed by atoms with Crippen LogP contribution in [-0.4, -0.2) is 79.0 Å². The first kappa shape index (κ1) is 27.9. The minimum absolute atomic E-state index is 0.117. The Morgan fingerprint density at radius 1 is 1.11 bits per heavy atom. The normalized spacial score (nSPS) is 15.7. The SMILES string of the molecule is COCCCC(=O)N1CCN(c2ccc(C#N)cn2)CC1.O=c1[nH]ncc(N2CCCC2)c1C(F)(F)F. The minimum Gasteiger partial charge on any atom is -0.385 e. The third-order valence-corrected chi connectivity index (χ3v) is 6.14. The van der Waals surface area contributed by atoms with Gasteiger partial charge in [0.05, 0.1) is 17.4 Å². The van der Waals surface area contributed by atoms with E-state index in [4.69, 9.17) is 10.00 Å². The molecule has 10 nitrogen and oxygen atoms in total. The Labute approximate surface area is 212 Å². The average molecular weight is 522 g/mol. The number of ether oxygens (including phenoxy) is 1. The summed E-state index contributed by atoms with van der Waals surface area (Å²) in [5, 5.41) is 14.0. The smallest absolute Gasteiger partial charge is 0.385 e. The number of pyridine rings is 1.